The van der Waals surface area contributed by atoms with E-state index in [0.29, 0.717) is 10.8 Å². The van der Waals surface area contributed by atoms with Gasteiger partial charge in [0.05, 0.1) is 0 Å². The van der Waals surface area contributed by atoms with E-state index in [2.05, 4.69) is 34.6 Å². The molecule has 0 spiro atoms. The fourth-order valence-corrected chi connectivity index (χ4v) is 7.22. The van der Waals surface area contributed by atoms with Gasteiger partial charge in [-0.25, -0.2) is 0 Å². The summed E-state index contributed by atoms with van der Waals surface area (Å²) in [5.74, 6) is 3.72. The van der Waals surface area contributed by atoms with Gasteiger partial charge in [0.2, 0.25) is 0 Å². The van der Waals surface area contributed by atoms with Crippen LogP contribution in [-0.4, -0.2) is 6.29 Å². The number of carbonyl (C=O) groups is 1. The molecule has 2 aliphatic carbocycles. The van der Waals surface area contributed by atoms with Crippen LogP contribution in [0.3, 0.4) is 0 Å². The van der Waals surface area contributed by atoms with Gasteiger partial charge in [0.25, 0.3) is 0 Å². The Morgan fingerprint density at radius 2 is 1.89 bits per heavy atom. The lowest BCUT2D eigenvalue weighted by Gasteiger charge is -2.46. The molecule has 0 aromatic carbocycles. The average Bonchev–Trinajstić information content (AvgIpc) is 2.98. The third-order valence-electron chi connectivity index (χ3n) is 8.85. The summed E-state index contributed by atoms with van der Waals surface area (Å²) < 4.78 is 0. The maximum atomic E-state index is 10.7. The summed E-state index contributed by atoms with van der Waals surface area (Å²) in [7, 11) is 0. The molecule has 5 atom stereocenters. The Morgan fingerprint density at radius 1 is 1.11 bits per heavy atom. The fraction of sp³-hybridized carbons (Fsp3) is 0.963. The Labute approximate surface area is 176 Å². The van der Waals surface area contributed by atoms with Crippen molar-refractivity contribution >= 4 is 6.29 Å². The van der Waals surface area contributed by atoms with Gasteiger partial charge in [-0.15, -0.1) is 0 Å². The molecule has 1 nitrogen and oxygen atoms in total. The number of aldehydes is 1. The topological polar surface area (TPSA) is 17.1 Å². The van der Waals surface area contributed by atoms with Crippen LogP contribution < -0.4 is 0 Å². The number of hydrogen-bond acceptors (Lipinski definition) is 1. The van der Waals surface area contributed by atoms with E-state index in [4.69, 9.17) is 0 Å². The second-order valence-corrected chi connectivity index (χ2v) is 11.5. The van der Waals surface area contributed by atoms with Crippen molar-refractivity contribution in [2.45, 2.75) is 131 Å². The molecule has 0 amide bonds. The number of fused-ring (bicyclic) bond motifs is 1. The second kappa shape index (κ2) is 11.2. The third kappa shape index (κ3) is 6.33. The van der Waals surface area contributed by atoms with Crippen molar-refractivity contribution in [1.82, 2.24) is 0 Å². The van der Waals surface area contributed by atoms with Gasteiger partial charge in [-0.3, -0.25) is 0 Å². The summed E-state index contributed by atoms with van der Waals surface area (Å²) >= 11 is 0. The zero-order valence-corrected chi connectivity index (χ0v) is 19.9. The molecule has 2 fully saturated rings. The van der Waals surface area contributed by atoms with Crippen molar-refractivity contribution in [3.8, 4) is 0 Å². The smallest absolute Gasteiger partial charge is 0.119 e. The lowest BCUT2D eigenvalue weighted by atomic mass is 9.59. The van der Waals surface area contributed by atoms with Crippen molar-refractivity contribution < 1.29 is 4.79 Å². The van der Waals surface area contributed by atoms with Crippen LogP contribution >= 0.6 is 0 Å². The van der Waals surface area contributed by atoms with Crippen LogP contribution in [0.4, 0.5) is 0 Å². The molecular formula is C27H50O. The van der Waals surface area contributed by atoms with Crippen molar-refractivity contribution in [3.05, 3.63) is 0 Å². The molecule has 4 unspecified atom stereocenters. The molecule has 28 heavy (non-hydrogen) atoms. The van der Waals surface area contributed by atoms with Crippen molar-refractivity contribution in [2.24, 2.45) is 34.5 Å². The lowest BCUT2D eigenvalue weighted by molar-refractivity contribution is -0.108. The Balaban J connectivity index is 1.94. The van der Waals surface area contributed by atoms with Gasteiger partial charge in [-0.05, 0) is 85.9 Å². The summed E-state index contributed by atoms with van der Waals surface area (Å²) in [5.41, 5.74) is 1.08. The Kier molecular flexibility index (Phi) is 9.55. The van der Waals surface area contributed by atoms with Gasteiger partial charge in [0, 0.05) is 6.42 Å². The van der Waals surface area contributed by atoms with Crippen LogP contribution in [0.15, 0.2) is 0 Å². The summed E-state index contributed by atoms with van der Waals surface area (Å²) in [5, 5.41) is 0. The highest BCUT2D eigenvalue weighted by atomic mass is 16.1. The number of unbranched alkanes of at least 4 members (excludes halogenated alkanes) is 3. The Bertz CT molecular complexity index is 453. The van der Waals surface area contributed by atoms with Crippen LogP contribution in [0.1, 0.15) is 131 Å². The molecule has 2 rings (SSSR count). The highest BCUT2D eigenvalue weighted by molar-refractivity contribution is 5.48. The summed E-state index contributed by atoms with van der Waals surface area (Å²) in [4.78, 5) is 10.7. The third-order valence-corrected chi connectivity index (χ3v) is 8.85. The number of rotatable bonds is 13. The van der Waals surface area contributed by atoms with Crippen LogP contribution in [0.25, 0.3) is 0 Å². The molecule has 0 bridgehead atoms. The molecule has 1 heteroatoms. The highest BCUT2D eigenvalue weighted by Gasteiger charge is 2.50. The SMILES string of the molecule is CCCCCC(C)(C)C[C@@H](CC)CC1CCCC2(C)C(CCCC=O)CCC12. The van der Waals surface area contributed by atoms with Gasteiger partial charge in [-0.1, -0.05) is 73.1 Å². The molecule has 0 saturated heterocycles. The van der Waals surface area contributed by atoms with E-state index < -0.39 is 0 Å². The summed E-state index contributed by atoms with van der Waals surface area (Å²) in [6.45, 7) is 12.4. The monoisotopic (exact) mass is 390 g/mol. The molecule has 2 aliphatic rings. The van der Waals surface area contributed by atoms with Gasteiger partial charge in [0.15, 0.2) is 0 Å². The molecule has 0 N–H and O–H groups in total. The predicted octanol–water partition coefficient (Wildman–Crippen LogP) is 8.60. The molecule has 0 aromatic rings. The van der Waals surface area contributed by atoms with E-state index in [9.17, 15) is 4.79 Å². The van der Waals surface area contributed by atoms with E-state index in [1.807, 2.05) is 0 Å². The van der Waals surface area contributed by atoms with Crippen LogP contribution in [-0.2, 0) is 4.79 Å². The van der Waals surface area contributed by atoms with Gasteiger partial charge in [-0.2, -0.15) is 0 Å². The average molecular weight is 391 g/mol. The first-order chi connectivity index (χ1) is 13.4. The molecule has 0 aliphatic heterocycles. The summed E-state index contributed by atoms with van der Waals surface area (Å²) in [6, 6.07) is 0. The second-order valence-electron chi connectivity index (χ2n) is 11.5. The highest BCUT2D eigenvalue weighted by Crippen LogP contribution is 2.60. The van der Waals surface area contributed by atoms with E-state index in [1.54, 1.807) is 0 Å². The predicted molar refractivity (Wildman–Crippen MR) is 123 cm³/mol. The zero-order valence-electron chi connectivity index (χ0n) is 19.9. The largest absolute Gasteiger partial charge is 0.303 e. The minimum absolute atomic E-state index is 0.515. The van der Waals surface area contributed by atoms with E-state index in [0.717, 1.165) is 42.8 Å². The van der Waals surface area contributed by atoms with Crippen LogP contribution in [0, 0.1) is 34.5 Å². The Morgan fingerprint density at radius 3 is 2.57 bits per heavy atom. The van der Waals surface area contributed by atoms with Crippen LogP contribution in [0.5, 0.6) is 0 Å². The quantitative estimate of drug-likeness (QED) is 0.227. The Hall–Kier alpha value is -0.330. The maximum Gasteiger partial charge on any atom is 0.119 e. The van der Waals surface area contributed by atoms with E-state index in [-0.39, 0.29) is 0 Å². The van der Waals surface area contributed by atoms with E-state index in [1.165, 1.54) is 83.5 Å². The molecule has 164 valence electrons. The molecule has 0 radical (unpaired) electrons. The first kappa shape index (κ1) is 23.9. The van der Waals surface area contributed by atoms with Gasteiger partial charge >= 0.3 is 0 Å². The van der Waals surface area contributed by atoms with Crippen LogP contribution in [0.2, 0.25) is 0 Å². The molecule has 2 saturated carbocycles. The maximum absolute atomic E-state index is 10.7. The first-order valence-electron chi connectivity index (χ1n) is 12.8. The number of carbonyl (C=O) groups excluding carboxylic acids is 1. The molecule has 0 aromatic heterocycles. The van der Waals surface area contributed by atoms with Gasteiger partial charge < -0.3 is 4.79 Å². The van der Waals surface area contributed by atoms with Crippen molar-refractivity contribution in [1.29, 1.82) is 0 Å². The number of hydrogen-bond donors (Lipinski definition) is 0. The molecular weight excluding hydrogens is 340 g/mol. The minimum atomic E-state index is 0.515. The normalized spacial score (nSPS) is 31.5. The summed E-state index contributed by atoms with van der Waals surface area (Å²) in [6.07, 6.45) is 21.4. The van der Waals surface area contributed by atoms with Crippen molar-refractivity contribution in [3.63, 3.8) is 0 Å². The van der Waals surface area contributed by atoms with Gasteiger partial charge in [0.1, 0.15) is 6.29 Å². The zero-order chi connectivity index (χ0) is 20.6. The minimum Gasteiger partial charge on any atom is -0.303 e. The fourth-order valence-electron chi connectivity index (χ4n) is 7.22. The van der Waals surface area contributed by atoms with Crippen molar-refractivity contribution in [2.75, 3.05) is 0 Å². The standard InChI is InChI=1S/C27H50O/c1-6-8-10-17-26(3,4)21-22(7-2)20-23-13-12-18-27(5)24(14-9-11-19-28)15-16-25(23)27/h19,22-25H,6-18,20-21H2,1-5H3/t22-,23?,24?,25?,27?/m0/s1. The van der Waals surface area contributed by atoms with E-state index >= 15 is 0 Å². The lowest BCUT2D eigenvalue weighted by Crippen LogP contribution is -2.38. The first-order valence-corrected chi connectivity index (χ1v) is 12.8. The molecule has 0 heterocycles.